The van der Waals surface area contributed by atoms with Crippen molar-refractivity contribution in [3.05, 3.63) is 91.0 Å². The minimum atomic E-state index is -0.545. The third-order valence-electron chi connectivity index (χ3n) is 4.89. The number of carbonyl (C=O) groups excluding carboxylic acids is 1. The number of amides is 1. The average Bonchev–Trinajstić information content (AvgIpc) is 3.30. The number of rotatable bonds is 7. The van der Waals surface area contributed by atoms with Crippen LogP contribution in [-0.4, -0.2) is 21.6 Å². The van der Waals surface area contributed by atoms with Gasteiger partial charge in [-0.1, -0.05) is 55.5 Å². The van der Waals surface area contributed by atoms with Gasteiger partial charge in [0.05, 0.1) is 12.0 Å². The van der Waals surface area contributed by atoms with Gasteiger partial charge in [-0.2, -0.15) is 0 Å². The molecule has 29 heavy (non-hydrogen) atoms. The fraction of sp³-hybridized carbons (Fsp3) is 0.167. The number of imidazole rings is 1. The SMILES string of the molecule is CC[C@@H](Oc1ccc2ccccc2c1)C(=O)NCc1ccccc1-n1ccnc1. The number of nitrogens with one attached hydrogen (secondary N) is 1. The van der Waals surface area contributed by atoms with Crippen LogP contribution in [0, 0.1) is 0 Å². The van der Waals surface area contributed by atoms with Crippen LogP contribution in [0.2, 0.25) is 0 Å². The van der Waals surface area contributed by atoms with Crippen LogP contribution >= 0.6 is 0 Å². The molecule has 4 rings (SSSR count). The number of hydrogen-bond donors (Lipinski definition) is 1. The molecule has 0 aliphatic heterocycles. The highest BCUT2D eigenvalue weighted by Crippen LogP contribution is 2.22. The second-order valence-corrected chi connectivity index (χ2v) is 6.84. The van der Waals surface area contributed by atoms with Gasteiger partial charge in [0, 0.05) is 18.9 Å². The van der Waals surface area contributed by atoms with Crippen molar-refractivity contribution in [3.8, 4) is 11.4 Å². The van der Waals surface area contributed by atoms with Crippen molar-refractivity contribution in [2.75, 3.05) is 0 Å². The summed E-state index contributed by atoms with van der Waals surface area (Å²) in [5.41, 5.74) is 2.01. The van der Waals surface area contributed by atoms with E-state index in [2.05, 4.69) is 16.4 Å². The normalized spacial score (nSPS) is 11.9. The first-order chi connectivity index (χ1) is 14.2. The Balaban J connectivity index is 1.44. The lowest BCUT2D eigenvalue weighted by Crippen LogP contribution is -2.37. The lowest BCUT2D eigenvalue weighted by atomic mass is 10.1. The summed E-state index contributed by atoms with van der Waals surface area (Å²) >= 11 is 0. The van der Waals surface area contributed by atoms with Gasteiger partial charge >= 0.3 is 0 Å². The number of fused-ring (bicyclic) bond motifs is 1. The summed E-state index contributed by atoms with van der Waals surface area (Å²) in [6.07, 6.45) is 5.41. The van der Waals surface area contributed by atoms with E-state index in [1.54, 1.807) is 12.5 Å². The predicted molar refractivity (Wildman–Crippen MR) is 114 cm³/mol. The van der Waals surface area contributed by atoms with Crippen LogP contribution in [0.3, 0.4) is 0 Å². The number of ether oxygens (including phenoxy) is 1. The van der Waals surface area contributed by atoms with E-state index >= 15 is 0 Å². The lowest BCUT2D eigenvalue weighted by molar-refractivity contribution is -0.128. The minimum absolute atomic E-state index is 0.124. The van der Waals surface area contributed by atoms with Gasteiger partial charge in [0.1, 0.15) is 5.75 Å². The molecule has 1 heterocycles. The molecule has 0 saturated heterocycles. The fourth-order valence-corrected chi connectivity index (χ4v) is 3.34. The maximum atomic E-state index is 12.8. The Bertz CT molecular complexity index is 1110. The van der Waals surface area contributed by atoms with E-state index in [9.17, 15) is 4.79 Å². The van der Waals surface area contributed by atoms with E-state index in [1.807, 2.05) is 78.4 Å². The van der Waals surface area contributed by atoms with Crippen LogP contribution in [0.15, 0.2) is 85.5 Å². The van der Waals surface area contributed by atoms with E-state index in [1.165, 1.54) is 0 Å². The molecule has 5 heteroatoms. The van der Waals surface area contributed by atoms with E-state index in [-0.39, 0.29) is 5.91 Å². The zero-order valence-corrected chi connectivity index (χ0v) is 16.3. The van der Waals surface area contributed by atoms with Crippen molar-refractivity contribution in [3.63, 3.8) is 0 Å². The van der Waals surface area contributed by atoms with Crippen molar-refractivity contribution in [1.29, 1.82) is 0 Å². The molecule has 0 aliphatic carbocycles. The Morgan fingerprint density at radius 3 is 2.66 bits per heavy atom. The number of benzene rings is 3. The molecule has 5 nitrogen and oxygen atoms in total. The third-order valence-corrected chi connectivity index (χ3v) is 4.89. The molecular weight excluding hydrogens is 362 g/mol. The molecule has 1 aromatic heterocycles. The van der Waals surface area contributed by atoms with Gasteiger partial charge in [0.2, 0.25) is 0 Å². The van der Waals surface area contributed by atoms with Crippen LogP contribution in [0.1, 0.15) is 18.9 Å². The summed E-state index contributed by atoms with van der Waals surface area (Å²) in [5.74, 6) is 0.575. The molecule has 0 saturated carbocycles. The van der Waals surface area contributed by atoms with Crippen LogP contribution in [0.25, 0.3) is 16.5 Å². The molecule has 0 fully saturated rings. The summed E-state index contributed by atoms with van der Waals surface area (Å²) in [6, 6.07) is 21.9. The van der Waals surface area contributed by atoms with Crippen LogP contribution < -0.4 is 10.1 Å². The number of aromatic nitrogens is 2. The first kappa shape index (κ1) is 18.7. The van der Waals surface area contributed by atoms with Gasteiger partial charge in [-0.15, -0.1) is 0 Å². The molecule has 0 aliphatic rings. The maximum absolute atomic E-state index is 12.8. The third kappa shape index (κ3) is 4.29. The molecule has 0 bridgehead atoms. The zero-order chi connectivity index (χ0) is 20.1. The second kappa shape index (κ2) is 8.61. The molecular formula is C24H23N3O2. The number of hydrogen-bond acceptors (Lipinski definition) is 3. The molecule has 0 unspecified atom stereocenters. The Labute approximate surface area is 170 Å². The second-order valence-electron chi connectivity index (χ2n) is 6.84. The Morgan fingerprint density at radius 1 is 1.07 bits per heavy atom. The molecule has 1 amide bonds. The standard InChI is InChI=1S/C24H23N3O2/c1-2-23(29-21-12-11-18-7-3-4-8-19(18)15-21)24(28)26-16-20-9-5-6-10-22(20)27-14-13-25-17-27/h3-15,17,23H,2,16H2,1H3,(H,26,28)/t23-/m1/s1. The summed E-state index contributed by atoms with van der Waals surface area (Å²) in [7, 11) is 0. The van der Waals surface area contributed by atoms with E-state index in [0.717, 1.165) is 22.0 Å². The van der Waals surface area contributed by atoms with Crippen LogP contribution in [-0.2, 0) is 11.3 Å². The average molecular weight is 385 g/mol. The van der Waals surface area contributed by atoms with Gasteiger partial charge in [0.25, 0.3) is 5.91 Å². The van der Waals surface area contributed by atoms with Gasteiger partial charge < -0.3 is 14.6 Å². The van der Waals surface area contributed by atoms with E-state index in [0.29, 0.717) is 18.7 Å². The van der Waals surface area contributed by atoms with Crippen molar-refractivity contribution in [2.24, 2.45) is 0 Å². The zero-order valence-electron chi connectivity index (χ0n) is 16.3. The van der Waals surface area contributed by atoms with Crippen molar-refractivity contribution in [2.45, 2.75) is 26.0 Å². The monoisotopic (exact) mass is 385 g/mol. The molecule has 0 spiro atoms. The first-order valence-corrected chi connectivity index (χ1v) is 9.74. The maximum Gasteiger partial charge on any atom is 0.261 e. The summed E-state index contributed by atoms with van der Waals surface area (Å²) < 4.78 is 7.93. The number of nitrogens with zero attached hydrogens (tertiary/aromatic N) is 2. The fourth-order valence-electron chi connectivity index (χ4n) is 3.34. The van der Waals surface area contributed by atoms with Gasteiger partial charge in [0.15, 0.2) is 6.10 Å². The Morgan fingerprint density at radius 2 is 1.86 bits per heavy atom. The molecule has 1 atom stereocenters. The molecule has 3 aromatic carbocycles. The topological polar surface area (TPSA) is 56.1 Å². The lowest BCUT2D eigenvalue weighted by Gasteiger charge is -2.18. The van der Waals surface area contributed by atoms with Crippen LogP contribution in [0.5, 0.6) is 5.75 Å². The summed E-state index contributed by atoms with van der Waals surface area (Å²) in [5, 5.41) is 5.25. The van der Waals surface area contributed by atoms with Gasteiger partial charge in [-0.25, -0.2) is 4.98 Å². The van der Waals surface area contributed by atoms with E-state index < -0.39 is 6.10 Å². The molecule has 1 N–H and O–H groups in total. The summed E-state index contributed by atoms with van der Waals surface area (Å²) in [4.78, 5) is 16.9. The van der Waals surface area contributed by atoms with E-state index in [4.69, 9.17) is 4.74 Å². The molecule has 4 aromatic rings. The highest BCUT2D eigenvalue weighted by Gasteiger charge is 2.18. The van der Waals surface area contributed by atoms with Gasteiger partial charge in [-0.05, 0) is 41.0 Å². The van der Waals surface area contributed by atoms with Gasteiger partial charge in [-0.3, -0.25) is 4.79 Å². The summed E-state index contributed by atoms with van der Waals surface area (Å²) in [6.45, 7) is 2.37. The Hall–Kier alpha value is -3.60. The van der Waals surface area contributed by atoms with Crippen molar-refractivity contribution in [1.82, 2.24) is 14.9 Å². The smallest absolute Gasteiger partial charge is 0.261 e. The quantitative estimate of drug-likeness (QED) is 0.510. The highest BCUT2D eigenvalue weighted by molar-refractivity contribution is 5.84. The van der Waals surface area contributed by atoms with Crippen LogP contribution in [0.4, 0.5) is 0 Å². The Kier molecular flexibility index (Phi) is 5.56. The molecule has 0 radical (unpaired) electrons. The largest absolute Gasteiger partial charge is 0.481 e. The highest BCUT2D eigenvalue weighted by atomic mass is 16.5. The minimum Gasteiger partial charge on any atom is -0.481 e. The van der Waals surface area contributed by atoms with Crippen molar-refractivity contribution >= 4 is 16.7 Å². The predicted octanol–water partition coefficient (Wildman–Crippen LogP) is 4.50. The first-order valence-electron chi connectivity index (χ1n) is 9.74. The number of para-hydroxylation sites is 1. The number of carbonyl (C=O) groups is 1. The van der Waals surface area contributed by atoms with Crippen molar-refractivity contribution < 1.29 is 9.53 Å². The molecule has 146 valence electrons.